The van der Waals surface area contributed by atoms with Gasteiger partial charge in [-0.15, -0.1) is 0 Å². The van der Waals surface area contributed by atoms with Gasteiger partial charge in [0.15, 0.2) is 0 Å². The molecule has 1 fully saturated rings. The number of rotatable bonds is 2. The van der Waals surface area contributed by atoms with E-state index < -0.39 is 0 Å². The van der Waals surface area contributed by atoms with Crippen LogP contribution in [0.3, 0.4) is 0 Å². The Hall–Kier alpha value is -0.420. The van der Waals surface area contributed by atoms with Crippen molar-refractivity contribution >= 4 is 15.9 Å². The van der Waals surface area contributed by atoms with Crippen molar-refractivity contribution in [1.29, 1.82) is 0 Å². The average molecular weight is 272 g/mol. The van der Waals surface area contributed by atoms with Gasteiger partial charge in [-0.05, 0) is 17.7 Å². The zero-order valence-electron chi connectivity index (χ0n) is 8.36. The monoisotopic (exact) mass is 271 g/mol. The molecule has 0 radical (unpaired) electrons. The first-order valence-corrected chi connectivity index (χ1v) is 5.77. The molecule has 1 aliphatic rings. The predicted molar refractivity (Wildman–Crippen MR) is 61.6 cm³/mol. The summed E-state index contributed by atoms with van der Waals surface area (Å²) < 4.78 is 12.0. The maximum Gasteiger partial charge on any atom is 0.100 e. The summed E-state index contributed by atoms with van der Waals surface area (Å²) in [7, 11) is 0. The molecule has 4 heteroatoms. The van der Waals surface area contributed by atoms with Gasteiger partial charge in [0.25, 0.3) is 0 Å². The van der Waals surface area contributed by atoms with Crippen molar-refractivity contribution in [3.05, 3.63) is 34.3 Å². The van der Waals surface area contributed by atoms with Crippen LogP contribution in [0.2, 0.25) is 0 Å². The summed E-state index contributed by atoms with van der Waals surface area (Å²) in [6.45, 7) is 1.88. The van der Waals surface area contributed by atoms with Gasteiger partial charge in [-0.25, -0.2) is 0 Å². The normalized spacial score (nSPS) is 23.7. The molecule has 1 aliphatic heterocycles. The average Bonchev–Trinajstić information content (AvgIpc) is 2.30. The first kappa shape index (κ1) is 11.1. The molecule has 1 saturated heterocycles. The van der Waals surface area contributed by atoms with Crippen molar-refractivity contribution in [1.82, 2.24) is 0 Å². The molecular weight excluding hydrogens is 258 g/mol. The van der Waals surface area contributed by atoms with Crippen molar-refractivity contribution < 1.29 is 9.47 Å². The van der Waals surface area contributed by atoms with E-state index in [2.05, 4.69) is 15.9 Å². The Morgan fingerprint density at radius 1 is 1.27 bits per heavy atom. The van der Waals surface area contributed by atoms with Crippen LogP contribution in [-0.2, 0) is 9.47 Å². The van der Waals surface area contributed by atoms with Crippen LogP contribution >= 0.6 is 15.9 Å². The van der Waals surface area contributed by atoms with Crippen molar-refractivity contribution in [2.75, 3.05) is 19.8 Å². The second-order valence-electron chi connectivity index (χ2n) is 3.56. The van der Waals surface area contributed by atoms with Crippen LogP contribution < -0.4 is 5.73 Å². The summed E-state index contributed by atoms with van der Waals surface area (Å²) in [5.74, 6) is 0. The van der Waals surface area contributed by atoms with Crippen LogP contribution in [0.15, 0.2) is 28.7 Å². The molecule has 0 amide bonds. The fraction of sp³-hybridized carbons (Fsp3) is 0.455. The molecule has 2 N–H and O–H groups in total. The lowest BCUT2D eigenvalue weighted by Gasteiger charge is -2.28. The third-order valence-corrected chi connectivity index (χ3v) is 3.03. The van der Waals surface area contributed by atoms with Gasteiger partial charge in [0, 0.05) is 4.47 Å². The smallest absolute Gasteiger partial charge is 0.100 e. The minimum absolute atomic E-state index is 0.0278. The number of halogens is 1. The van der Waals surface area contributed by atoms with Crippen LogP contribution in [0.5, 0.6) is 0 Å². The lowest BCUT2D eigenvalue weighted by Crippen LogP contribution is -2.37. The van der Waals surface area contributed by atoms with Gasteiger partial charge in [0.05, 0.1) is 25.9 Å². The van der Waals surface area contributed by atoms with Crippen molar-refractivity contribution in [3.63, 3.8) is 0 Å². The zero-order chi connectivity index (χ0) is 10.7. The van der Waals surface area contributed by atoms with Gasteiger partial charge in [0.1, 0.15) is 6.10 Å². The van der Waals surface area contributed by atoms with E-state index >= 15 is 0 Å². The third-order valence-electron chi connectivity index (χ3n) is 2.50. The molecule has 0 spiro atoms. The minimum Gasteiger partial charge on any atom is -0.376 e. The largest absolute Gasteiger partial charge is 0.376 e. The Morgan fingerprint density at radius 3 is 2.60 bits per heavy atom. The summed E-state index contributed by atoms with van der Waals surface area (Å²) in [6, 6.07) is 7.87. The van der Waals surface area contributed by atoms with Gasteiger partial charge in [-0.2, -0.15) is 0 Å². The fourth-order valence-electron chi connectivity index (χ4n) is 1.61. The van der Waals surface area contributed by atoms with E-state index in [1.165, 1.54) is 0 Å². The molecule has 0 aromatic heterocycles. The van der Waals surface area contributed by atoms with E-state index in [0.29, 0.717) is 19.8 Å². The van der Waals surface area contributed by atoms with E-state index in [4.69, 9.17) is 15.2 Å². The van der Waals surface area contributed by atoms with Crippen LogP contribution in [0.1, 0.15) is 11.6 Å². The summed E-state index contributed by atoms with van der Waals surface area (Å²) in [5, 5.41) is 0. The highest BCUT2D eigenvalue weighted by atomic mass is 79.9. The predicted octanol–water partition coefficient (Wildman–Crippen LogP) is 1.86. The first-order valence-electron chi connectivity index (χ1n) is 4.98. The third kappa shape index (κ3) is 2.78. The summed E-state index contributed by atoms with van der Waals surface area (Å²) in [5.41, 5.74) is 7.18. The van der Waals surface area contributed by atoms with Crippen LogP contribution in [0.25, 0.3) is 0 Å². The Bertz CT molecular complexity index is 309. The number of ether oxygens (including phenoxy) is 2. The molecule has 2 atom stereocenters. The molecule has 2 rings (SSSR count). The summed E-state index contributed by atoms with van der Waals surface area (Å²) >= 11 is 3.39. The molecule has 1 heterocycles. The number of nitrogens with two attached hydrogens (primary N) is 1. The highest BCUT2D eigenvalue weighted by molar-refractivity contribution is 9.10. The zero-order valence-corrected chi connectivity index (χ0v) is 9.94. The SMILES string of the molecule is NC(c1ccc(Br)cc1)C1COCCO1. The van der Waals surface area contributed by atoms with Crippen molar-refractivity contribution in [2.45, 2.75) is 12.1 Å². The molecule has 0 saturated carbocycles. The second-order valence-corrected chi connectivity index (χ2v) is 4.48. The van der Waals surface area contributed by atoms with Gasteiger partial charge >= 0.3 is 0 Å². The lowest BCUT2D eigenvalue weighted by molar-refractivity contribution is -0.0975. The molecule has 2 unspecified atom stereocenters. The molecule has 0 bridgehead atoms. The quantitative estimate of drug-likeness (QED) is 0.893. The Morgan fingerprint density at radius 2 is 2.00 bits per heavy atom. The van der Waals surface area contributed by atoms with E-state index in [1.807, 2.05) is 24.3 Å². The molecule has 3 nitrogen and oxygen atoms in total. The van der Waals surface area contributed by atoms with Gasteiger partial charge < -0.3 is 15.2 Å². The van der Waals surface area contributed by atoms with Crippen molar-refractivity contribution in [2.24, 2.45) is 5.73 Å². The number of benzene rings is 1. The van der Waals surface area contributed by atoms with E-state index in [-0.39, 0.29) is 12.1 Å². The lowest BCUT2D eigenvalue weighted by atomic mass is 10.0. The van der Waals surface area contributed by atoms with Crippen LogP contribution in [0.4, 0.5) is 0 Å². The Labute approximate surface area is 97.7 Å². The number of hydrogen-bond acceptors (Lipinski definition) is 3. The van der Waals surface area contributed by atoms with E-state index in [9.17, 15) is 0 Å². The molecule has 82 valence electrons. The Balaban J connectivity index is 2.05. The van der Waals surface area contributed by atoms with Crippen LogP contribution in [-0.4, -0.2) is 25.9 Å². The topological polar surface area (TPSA) is 44.5 Å². The standard InChI is InChI=1S/C11H14BrNO2/c12-9-3-1-8(2-4-9)11(13)10-7-14-5-6-15-10/h1-4,10-11H,5-7,13H2. The molecule has 1 aromatic carbocycles. The second kappa shape index (κ2) is 5.07. The van der Waals surface area contributed by atoms with E-state index in [0.717, 1.165) is 10.0 Å². The van der Waals surface area contributed by atoms with Crippen LogP contribution in [0, 0.1) is 0 Å². The molecule has 0 aliphatic carbocycles. The Kier molecular flexibility index (Phi) is 3.75. The van der Waals surface area contributed by atoms with E-state index in [1.54, 1.807) is 0 Å². The maximum absolute atomic E-state index is 6.10. The van der Waals surface area contributed by atoms with Gasteiger partial charge in [0.2, 0.25) is 0 Å². The molecule has 15 heavy (non-hydrogen) atoms. The first-order chi connectivity index (χ1) is 7.27. The molecular formula is C11H14BrNO2. The summed E-state index contributed by atoms with van der Waals surface area (Å²) in [4.78, 5) is 0. The number of hydrogen-bond donors (Lipinski definition) is 1. The maximum atomic E-state index is 6.10. The fourth-order valence-corrected chi connectivity index (χ4v) is 1.88. The highest BCUT2D eigenvalue weighted by Gasteiger charge is 2.22. The highest BCUT2D eigenvalue weighted by Crippen LogP contribution is 2.21. The van der Waals surface area contributed by atoms with Gasteiger partial charge in [-0.1, -0.05) is 28.1 Å². The van der Waals surface area contributed by atoms with Gasteiger partial charge in [-0.3, -0.25) is 0 Å². The summed E-state index contributed by atoms with van der Waals surface area (Å²) in [6.07, 6.45) is -0.0278. The molecule has 1 aromatic rings. The minimum atomic E-state index is -0.113. The van der Waals surface area contributed by atoms with Crippen molar-refractivity contribution in [3.8, 4) is 0 Å².